The Balaban J connectivity index is 2.04. The Labute approximate surface area is 116 Å². The molecule has 1 aliphatic rings. The number of carbonyl (C=O) groups excluding carboxylic acids is 1. The average molecular weight is 275 g/mol. The van der Waals surface area contributed by atoms with Crippen molar-refractivity contribution in [2.45, 2.75) is 32.8 Å². The Morgan fingerprint density at radius 1 is 1.50 bits per heavy atom. The molecule has 0 spiro atoms. The SMILES string of the molecule is Cc1cc(C(=O)N2CCCC(O)C2)c2c(C)noc2n1. The molecular weight excluding hydrogens is 258 g/mol. The molecule has 2 aromatic heterocycles. The van der Waals surface area contributed by atoms with Crippen LogP contribution in [0, 0.1) is 13.8 Å². The highest BCUT2D eigenvalue weighted by Crippen LogP contribution is 2.24. The molecule has 1 N–H and O–H groups in total. The van der Waals surface area contributed by atoms with E-state index in [-0.39, 0.29) is 5.91 Å². The molecule has 3 heterocycles. The van der Waals surface area contributed by atoms with Crippen molar-refractivity contribution < 1.29 is 14.4 Å². The quantitative estimate of drug-likeness (QED) is 0.851. The number of hydrogen-bond donors (Lipinski definition) is 1. The molecule has 1 atom stereocenters. The van der Waals surface area contributed by atoms with Crippen molar-refractivity contribution in [3.63, 3.8) is 0 Å². The number of aliphatic hydroxyl groups excluding tert-OH is 1. The number of carbonyl (C=O) groups is 1. The lowest BCUT2D eigenvalue weighted by Crippen LogP contribution is -2.42. The molecule has 1 fully saturated rings. The molecule has 106 valence electrons. The second-order valence-electron chi connectivity index (χ2n) is 5.31. The predicted octanol–water partition coefficient (Wildman–Crippen LogP) is 1.44. The fraction of sp³-hybridized carbons (Fsp3) is 0.500. The van der Waals surface area contributed by atoms with Gasteiger partial charge >= 0.3 is 0 Å². The maximum Gasteiger partial charge on any atom is 0.258 e. The van der Waals surface area contributed by atoms with Gasteiger partial charge in [0.1, 0.15) is 0 Å². The van der Waals surface area contributed by atoms with Gasteiger partial charge in [-0.2, -0.15) is 0 Å². The second-order valence-corrected chi connectivity index (χ2v) is 5.31. The van der Waals surface area contributed by atoms with Crippen molar-refractivity contribution in [2.24, 2.45) is 0 Å². The molecular formula is C14H17N3O3. The maximum absolute atomic E-state index is 12.7. The molecule has 1 saturated heterocycles. The van der Waals surface area contributed by atoms with E-state index < -0.39 is 6.10 Å². The van der Waals surface area contributed by atoms with E-state index in [0.717, 1.165) is 18.5 Å². The van der Waals surface area contributed by atoms with E-state index in [0.29, 0.717) is 35.4 Å². The summed E-state index contributed by atoms with van der Waals surface area (Å²) in [5.41, 5.74) is 2.33. The molecule has 0 aromatic carbocycles. The van der Waals surface area contributed by atoms with E-state index in [1.54, 1.807) is 17.9 Å². The number of aliphatic hydroxyl groups is 1. The number of nitrogens with zero attached hydrogens (tertiary/aromatic N) is 3. The van der Waals surface area contributed by atoms with Gasteiger partial charge in [0.05, 0.1) is 22.7 Å². The minimum absolute atomic E-state index is 0.0921. The molecule has 1 unspecified atom stereocenters. The van der Waals surface area contributed by atoms with E-state index in [2.05, 4.69) is 10.1 Å². The van der Waals surface area contributed by atoms with E-state index in [4.69, 9.17) is 4.52 Å². The number of aromatic nitrogens is 2. The van der Waals surface area contributed by atoms with Gasteiger partial charge in [0.25, 0.3) is 11.6 Å². The summed E-state index contributed by atoms with van der Waals surface area (Å²) in [5, 5.41) is 14.3. The lowest BCUT2D eigenvalue weighted by atomic mass is 10.0. The summed E-state index contributed by atoms with van der Waals surface area (Å²) in [5.74, 6) is -0.0921. The van der Waals surface area contributed by atoms with Gasteiger partial charge in [0.15, 0.2) is 0 Å². The number of pyridine rings is 1. The molecule has 6 heteroatoms. The van der Waals surface area contributed by atoms with Crippen LogP contribution in [0.15, 0.2) is 10.6 Å². The maximum atomic E-state index is 12.7. The second kappa shape index (κ2) is 4.86. The summed E-state index contributed by atoms with van der Waals surface area (Å²) in [6.45, 7) is 4.67. The van der Waals surface area contributed by atoms with Crippen molar-refractivity contribution in [1.82, 2.24) is 15.0 Å². The van der Waals surface area contributed by atoms with Gasteiger partial charge in [-0.05, 0) is 32.8 Å². The molecule has 1 aliphatic heterocycles. The van der Waals surface area contributed by atoms with Crippen LogP contribution < -0.4 is 0 Å². The van der Waals surface area contributed by atoms with Gasteiger partial charge < -0.3 is 14.5 Å². The van der Waals surface area contributed by atoms with Gasteiger partial charge in [0, 0.05) is 18.8 Å². The van der Waals surface area contributed by atoms with Crippen LogP contribution in [0.4, 0.5) is 0 Å². The molecule has 0 radical (unpaired) electrons. The van der Waals surface area contributed by atoms with Gasteiger partial charge in [-0.1, -0.05) is 5.16 Å². The topological polar surface area (TPSA) is 79.5 Å². The standard InChI is InChI=1S/C14H17N3O3/c1-8-6-11(12-9(2)16-20-13(12)15-8)14(19)17-5-3-4-10(18)7-17/h6,10,18H,3-5,7H2,1-2H3. The number of fused-ring (bicyclic) bond motifs is 1. The summed E-state index contributed by atoms with van der Waals surface area (Å²) in [6, 6.07) is 1.76. The molecule has 20 heavy (non-hydrogen) atoms. The lowest BCUT2D eigenvalue weighted by molar-refractivity contribution is 0.0475. The highest BCUT2D eigenvalue weighted by molar-refractivity contribution is 6.06. The zero-order chi connectivity index (χ0) is 14.3. The van der Waals surface area contributed by atoms with Crippen LogP contribution >= 0.6 is 0 Å². The van der Waals surface area contributed by atoms with E-state index in [1.165, 1.54) is 0 Å². The first-order valence-electron chi connectivity index (χ1n) is 6.77. The lowest BCUT2D eigenvalue weighted by Gasteiger charge is -2.30. The Hall–Kier alpha value is -1.95. The minimum Gasteiger partial charge on any atom is -0.391 e. The van der Waals surface area contributed by atoms with Crippen LogP contribution in [0.5, 0.6) is 0 Å². The third kappa shape index (κ3) is 2.16. The van der Waals surface area contributed by atoms with Crippen molar-refractivity contribution in [3.05, 3.63) is 23.0 Å². The van der Waals surface area contributed by atoms with Crippen LogP contribution in [0.3, 0.4) is 0 Å². The molecule has 3 rings (SSSR count). The Morgan fingerprint density at radius 2 is 2.30 bits per heavy atom. The largest absolute Gasteiger partial charge is 0.391 e. The first kappa shape index (κ1) is 13.1. The number of β-amino-alcohol motifs (C(OH)–C–C–N with tert-alkyl or cyclic N) is 1. The Bertz CT molecular complexity index is 665. The summed E-state index contributed by atoms with van der Waals surface area (Å²) in [7, 11) is 0. The third-order valence-electron chi connectivity index (χ3n) is 3.66. The average Bonchev–Trinajstić information content (AvgIpc) is 2.78. The van der Waals surface area contributed by atoms with Crippen LogP contribution in [0.25, 0.3) is 11.1 Å². The smallest absolute Gasteiger partial charge is 0.258 e. The fourth-order valence-electron chi connectivity index (χ4n) is 2.70. The molecule has 6 nitrogen and oxygen atoms in total. The van der Waals surface area contributed by atoms with Crippen molar-refractivity contribution >= 4 is 17.0 Å². The molecule has 0 bridgehead atoms. The monoisotopic (exact) mass is 275 g/mol. The first-order chi connectivity index (χ1) is 9.56. The number of aryl methyl sites for hydroxylation is 2. The summed E-state index contributed by atoms with van der Waals surface area (Å²) in [6.07, 6.45) is 1.14. The summed E-state index contributed by atoms with van der Waals surface area (Å²) in [4.78, 5) is 18.6. The number of rotatable bonds is 1. The van der Waals surface area contributed by atoms with E-state index in [1.807, 2.05) is 6.92 Å². The van der Waals surface area contributed by atoms with Gasteiger partial charge in [-0.25, -0.2) is 4.98 Å². The van der Waals surface area contributed by atoms with E-state index in [9.17, 15) is 9.90 Å². The highest BCUT2D eigenvalue weighted by atomic mass is 16.5. The molecule has 1 amide bonds. The van der Waals surface area contributed by atoms with Crippen LogP contribution in [-0.2, 0) is 0 Å². The van der Waals surface area contributed by atoms with Crippen molar-refractivity contribution in [2.75, 3.05) is 13.1 Å². The van der Waals surface area contributed by atoms with Gasteiger partial charge in [-0.15, -0.1) is 0 Å². The van der Waals surface area contributed by atoms with Crippen LogP contribution in [0.1, 0.15) is 34.6 Å². The van der Waals surface area contributed by atoms with E-state index >= 15 is 0 Å². The molecule has 0 aliphatic carbocycles. The fourth-order valence-corrected chi connectivity index (χ4v) is 2.70. The first-order valence-corrected chi connectivity index (χ1v) is 6.77. The number of piperidine rings is 1. The predicted molar refractivity (Wildman–Crippen MR) is 72.4 cm³/mol. The van der Waals surface area contributed by atoms with Crippen molar-refractivity contribution in [3.8, 4) is 0 Å². The summed E-state index contributed by atoms with van der Waals surface area (Å²) < 4.78 is 5.15. The van der Waals surface area contributed by atoms with Crippen molar-refractivity contribution in [1.29, 1.82) is 0 Å². The van der Waals surface area contributed by atoms with Gasteiger partial charge in [0.2, 0.25) is 0 Å². The Morgan fingerprint density at radius 3 is 3.05 bits per heavy atom. The minimum atomic E-state index is -0.435. The summed E-state index contributed by atoms with van der Waals surface area (Å²) >= 11 is 0. The Kier molecular flexibility index (Phi) is 3.17. The highest BCUT2D eigenvalue weighted by Gasteiger charge is 2.26. The third-order valence-corrected chi connectivity index (χ3v) is 3.66. The normalized spacial score (nSPS) is 19.6. The number of hydrogen-bond acceptors (Lipinski definition) is 5. The number of likely N-dealkylation sites (tertiary alicyclic amines) is 1. The van der Waals surface area contributed by atoms with Gasteiger partial charge in [-0.3, -0.25) is 4.79 Å². The zero-order valence-corrected chi connectivity index (χ0v) is 11.6. The van der Waals surface area contributed by atoms with Crippen LogP contribution in [-0.4, -0.2) is 45.2 Å². The molecule has 0 saturated carbocycles. The van der Waals surface area contributed by atoms with Crippen LogP contribution in [0.2, 0.25) is 0 Å². The number of amides is 1. The zero-order valence-electron chi connectivity index (χ0n) is 11.6. The molecule has 2 aromatic rings.